The number of rotatable bonds is 6. The summed E-state index contributed by atoms with van der Waals surface area (Å²) in [5, 5.41) is 12.2. The summed E-state index contributed by atoms with van der Waals surface area (Å²) in [6.07, 6.45) is 0.786. The van der Waals surface area contributed by atoms with Crippen LogP contribution in [0.5, 0.6) is 5.75 Å². The number of ether oxygens (including phenoxy) is 1. The molecule has 0 spiro atoms. The van der Waals surface area contributed by atoms with Crippen molar-refractivity contribution in [1.82, 2.24) is 0 Å². The number of nitrogens with one attached hydrogen (secondary N) is 1. The summed E-state index contributed by atoms with van der Waals surface area (Å²) in [6, 6.07) is 12.8. The molecule has 5 nitrogen and oxygen atoms in total. The molecule has 0 unspecified atom stereocenters. The van der Waals surface area contributed by atoms with Gasteiger partial charge in [-0.3, -0.25) is 0 Å². The lowest BCUT2D eigenvalue weighted by molar-refractivity contribution is 0.0698. The number of para-hydroxylation sites is 1. The van der Waals surface area contributed by atoms with E-state index in [1.54, 1.807) is 19.2 Å². The molecule has 0 saturated heterocycles. The highest BCUT2D eigenvalue weighted by Crippen LogP contribution is 2.22. The largest absolute Gasteiger partial charge is 0.497 e. The van der Waals surface area contributed by atoms with Crippen molar-refractivity contribution < 1.29 is 14.6 Å². The second-order valence-electron chi connectivity index (χ2n) is 4.60. The predicted octanol–water partition coefficient (Wildman–Crippen LogP) is 2.63. The zero-order valence-corrected chi connectivity index (χ0v) is 11.8. The van der Waals surface area contributed by atoms with Gasteiger partial charge in [0.25, 0.3) is 0 Å². The van der Waals surface area contributed by atoms with Gasteiger partial charge in [-0.1, -0.05) is 18.2 Å². The average molecular weight is 286 g/mol. The molecule has 0 heterocycles. The van der Waals surface area contributed by atoms with Crippen LogP contribution in [0.2, 0.25) is 0 Å². The summed E-state index contributed by atoms with van der Waals surface area (Å²) < 4.78 is 5.17. The number of nitrogens with two attached hydrogens (primary N) is 1. The van der Waals surface area contributed by atoms with Crippen LogP contribution in [0.3, 0.4) is 0 Å². The minimum absolute atomic E-state index is 0.112. The van der Waals surface area contributed by atoms with Crippen LogP contribution in [0.25, 0.3) is 0 Å². The number of carboxylic acids is 1. The maximum absolute atomic E-state index is 11.0. The first kappa shape index (κ1) is 14.7. The fraction of sp³-hybridized carbons (Fsp3) is 0.188. The van der Waals surface area contributed by atoms with Crippen LogP contribution in [-0.4, -0.2) is 24.7 Å². The van der Waals surface area contributed by atoms with E-state index in [1.165, 1.54) is 6.07 Å². The van der Waals surface area contributed by atoms with Crippen molar-refractivity contribution in [2.75, 3.05) is 24.7 Å². The summed E-state index contributed by atoms with van der Waals surface area (Å²) in [6.45, 7) is 0.653. The molecule has 0 saturated carbocycles. The topological polar surface area (TPSA) is 84.6 Å². The molecule has 2 rings (SSSR count). The van der Waals surface area contributed by atoms with Gasteiger partial charge in [-0.25, -0.2) is 4.79 Å². The Labute approximate surface area is 123 Å². The fourth-order valence-electron chi connectivity index (χ4n) is 2.08. The minimum atomic E-state index is -1.02. The number of aromatic carboxylic acids is 1. The molecule has 0 atom stereocenters. The van der Waals surface area contributed by atoms with Gasteiger partial charge in [-0.15, -0.1) is 0 Å². The monoisotopic (exact) mass is 286 g/mol. The Morgan fingerprint density at radius 2 is 2.05 bits per heavy atom. The molecule has 5 heteroatoms. The number of methoxy groups -OCH3 is 1. The van der Waals surface area contributed by atoms with Crippen molar-refractivity contribution in [2.24, 2.45) is 0 Å². The Bertz CT molecular complexity index is 641. The summed E-state index contributed by atoms with van der Waals surface area (Å²) >= 11 is 0. The van der Waals surface area contributed by atoms with Gasteiger partial charge in [0.15, 0.2) is 0 Å². The second kappa shape index (κ2) is 6.65. The van der Waals surface area contributed by atoms with Crippen molar-refractivity contribution in [3.63, 3.8) is 0 Å². The predicted molar refractivity (Wildman–Crippen MR) is 83.0 cm³/mol. The van der Waals surface area contributed by atoms with Crippen LogP contribution in [0.1, 0.15) is 15.9 Å². The van der Waals surface area contributed by atoms with E-state index in [9.17, 15) is 4.79 Å². The van der Waals surface area contributed by atoms with Gasteiger partial charge in [-0.05, 0) is 36.2 Å². The van der Waals surface area contributed by atoms with E-state index in [4.69, 9.17) is 15.6 Å². The van der Waals surface area contributed by atoms with Gasteiger partial charge in [-0.2, -0.15) is 0 Å². The van der Waals surface area contributed by atoms with E-state index in [-0.39, 0.29) is 11.3 Å². The average Bonchev–Trinajstić information content (AvgIpc) is 2.49. The summed E-state index contributed by atoms with van der Waals surface area (Å²) in [4.78, 5) is 11.0. The van der Waals surface area contributed by atoms with E-state index in [0.29, 0.717) is 12.2 Å². The van der Waals surface area contributed by atoms with E-state index in [0.717, 1.165) is 17.7 Å². The number of hydrogen-bond acceptors (Lipinski definition) is 4. The van der Waals surface area contributed by atoms with E-state index in [1.807, 2.05) is 24.3 Å². The molecule has 0 bridgehead atoms. The summed E-state index contributed by atoms with van der Waals surface area (Å²) in [5.74, 6) is -0.205. The van der Waals surface area contributed by atoms with Crippen LogP contribution in [-0.2, 0) is 6.42 Å². The zero-order valence-electron chi connectivity index (χ0n) is 11.8. The van der Waals surface area contributed by atoms with Gasteiger partial charge < -0.3 is 20.9 Å². The first-order chi connectivity index (χ1) is 10.1. The van der Waals surface area contributed by atoms with Crippen molar-refractivity contribution in [3.8, 4) is 5.75 Å². The number of carbonyl (C=O) groups is 1. The van der Waals surface area contributed by atoms with Gasteiger partial charge in [0.1, 0.15) is 5.75 Å². The van der Waals surface area contributed by atoms with Gasteiger partial charge in [0.05, 0.1) is 24.0 Å². The third kappa shape index (κ3) is 3.66. The lowest BCUT2D eigenvalue weighted by Crippen LogP contribution is -2.10. The smallest absolute Gasteiger partial charge is 0.337 e. The fourth-order valence-corrected chi connectivity index (χ4v) is 2.08. The molecule has 0 aliphatic heterocycles. The SMILES string of the molecule is COc1cccc(CCNc2cccc(C(=O)O)c2N)c1. The lowest BCUT2D eigenvalue weighted by Gasteiger charge is -2.11. The number of benzene rings is 2. The molecular formula is C16H18N2O3. The molecule has 0 radical (unpaired) electrons. The number of anilines is 2. The molecule has 110 valence electrons. The molecule has 2 aromatic carbocycles. The summed E-state index contributed by atoms with van der Waals surface area (Å²) in [5.41, 5.74) is 7.99. The minimum Gasteiger partial charge on any atom is -0.497 e. The Kier molecular flexibility index (Phi) is 4.66. The summed E-state index contributed by atoms with van der Waals surface area (Å²) in [7, 11) is 1.63. The van der Waals surface area contributed by atoms with Gasteiger partial charge >= 0.3 is 5.97 Å². The Hall–Kier alpha value is -2.69. The number of carboxylic acid groups (broad SMARTS) is 1. The normalized spacial score (nSPS) is 10.1. The number of nitrogen functional groups attached to an aromatic ring is 1. The molecule has 0 aliphatic rings. The van der Waals surface area contributed by atoms with Crippen molar-refractivity contribution in [1.29, 1.82) is 0 Å². The van der Waals surface area contributed by atoms with Crippen LogP contribution in [0.15, 0.2) is 42.5 Å². The Morgan fingerprint density at radius 3 is 2.76 bits per heavy atom. The van der Waals surface area contributed by atoms with E-state index >= 15 is 0 Å². The maximum atomic E-state index is 11.0. The zero-order chi connectivity index (χ0) is 15.2. The van der Waals surface area contributed by atoms with Crippen molar-refractivity contribution in [3.05, 3.63) is 53.6 Å². The quantitative estimate of drug-likeness (QED) is 0.711. The first-order valence-electron chi connectivity index (χ1n) is 6.60. The van der Waals surface area contributed by atoms with E-state index < -0.39 is 5.97 Å². The molecule has 0 fully saturated rings. The molecule has 0 aliphatic carbocycles. The molecular weight excluding hydrogens is 268 g/mol. The first-order valence-corrected chi connectivity index (χ1v) is 6.60. The van der Waals surface area contributed by atoms with E-state index in [2.05, 4.69) is 5.32 Å². The highest BCUT2D eigenvalue weighted by Gasteiger charge is 2.10. The molecule has 21 heavy (non-hydrogen) atoms. The van der Waals surface area contributed by atoms with Crippen LogP contribution in [0.4, 0.5) is 11.4 Å². The standard InChI is InChI=1S/C16H18N2O3/c1-21-12-5-2-4-11(10-12)8-9-18-14-7-3-6-13(15(14)17)16(19)20/h2-7,10,18H,8-9,17H2,1H3,(H,19,20). The molecule has 0 aromatic heterocycles. The second-order valence-corrected chi connectivity index (χ2v) is 4.60. The van der Waals surface area contributed by atoms with Crippen LogP contribution >= 0.6 is 0 Å². The van der Waals surface area contributed by atoms with Crippen molar-refractivity contribution >= 4 is 17.3 Å². The van der Waals surface area contributed by atoms with Crippen molar-refractivity contribution in [2.45, 2.75) is 6.42 Å². The highest BCUT2D eigenvalue weighted by molar-refractivity contribution is 5.97. The number of hydrogen-bond donors (Lipinski definition) is 3. The maximum Gasteiger partial charge on any atom is 0.337 e. The third-order valence-electron chi connectivity index (χ3n) is 3.20. The Morgan fingerprint density at radius 1 is 1.29 bits per heavy atom. The van der Waals surface area contributed by atoms with Crippen LogP contribution in [0, 0.1) is 0 Å². The van der Waals surface area contributed by atoms with Crippen LogP contribution < -0.4 is 15.8 Å². The molecule has 2 aromatic rings. The Balaban J connectivity index is 2.00. The van der Waals surface area contributed by atoms with Gasteiger partial charge in [0.2, 0.25) is 0 Å². The molecule has 0 amide bonds. The lowest BCUT2D eigenvalue weighted by atomic mass is 10.1. The van der Waals surface area contributed by atoms with Gasteiger partial charge in [0, 0.05) is 6.54 Å². The highest BCUT2D eigenvalue weighted by atomic mass is 16.5. The third-order valence-corrected chi connectivity index (χ3v) is 3.20. The molecule has 4 N–H and O–H groups in total.